The number of aromatic nitrogens is 1. The molecular weight excluding hydrogens is 464 g/mol. The van der Waals surface area contributed by atoms with E-state index in [1.165, 1.54) is 36.4 Å². The Hall–Kier alpha value is -2.38. The lowest BCUT2D eigenvalue weighted by molar-refractivity contribution is -0.132. The standard InChI is InChI=1S/C27H34N2O3S2/c1-6-16-33-27(34-17-7-2)24-19(3)29(23-15-11-10-14-22(23)24)18-20-12-8-9-13-21(20)25(28-32-5)26(30)31-4/h8-15,27H,6-7,16-18H2,1-5H3/b28-25+. The third-order valence-corrected chi connectivity index (χ3v) is 8.81. The van der Waals surface area contributed by atoms with Crippen LogP contribution in [-0.4, -0.2) is 42.0 Å². The van der Waals surface area contributed by atoms with Gasteiger partial charge >= 0.3 is 5.97 Å². The number of nitrogens with zero attached hydrogens (tertiary/aromatic N) is 2. The summed E-state index contributed by atoms with van der Waals surface area (Å²) in [5.74, 6) is 1.76. The van der Waals surface area contributed by atoms with E-state index in [1.807, 2.05) is 47.8 Å². The van der Waals surface area contributed by atoms with Crippen LogP contribution < -0.4 is 0 Å². The molecule has 3 rings (SSSR count). The maximum atomic E-state index is 12.4. The molecule has 2 aromatic carbocycles. The van der Waals surface area contributed by atoms with Crippen molar-refractivity contribution in [1.29, 1.82) is 0 Å². The average molecular weight is 499 g/mol. The molecule has 0 fully saturated rings. The van der Waals surface area contributed by atoms with Crippen molar-refractivity contribution in [3.63, 3.8) is 0 Å². The van der Waals surface area contributed by atoms with Gasteiger partial charge in [0.15, 0.2) is 5.71 Å². The highest BCUT2D eigenvalue weighted by molar-refractivity contribution is 8.16. The van der Waals surface area contributed by atoms with Crippen LogP contribution in [0.2, 0.25) is 0 Å². The van der Waals surface area contributed by atoms with Crippen LogP contribution in [0.25, 0.3) is 10.9 Å². The normalized spacial score (nSPS) is 11.9. The van der Waals surface area contributed by atoms with Crippen LogP contribution in [0, 0.1) is 6.92 Å². The van der Waals surface area contributed by atoms with E-state index in [2.05, 4.69) is 54.8 Å². The maximum absolute atomic E-state index is 12.4. The van der Waals surface area contributed by atoms with E-state index in [-0.39, 0.29) is 5.71 Å². The number of hydrogen-bond acceptors (Lipinski definition) is 6. The van der Waals surface area contributed by atoms with Crippen LogP contribution in [-0.2, 0) is 20.9 Å². The zero-order chi connectivity index (χ0) is 24.5. The molecule has 0 radical (unpaired) electrons. The highest BCUT2D eigenvalue weighted by atomic mass is 32.2. The SMILES string of the molecule is CCCSC(SCCC)c1c(C)n(Cc2ccccc2/C(=N\OC)C(=O)OC)c2ccccc12. The highest BCUT2D eigenvalue weighted by Crippen LogP contribution is 2.45. The molecule has 1 heterocycles. The molecule has 5 nitrogen and oxygen atoms in total. The Morgan fingerprint density at radius 3 is 2.29 bits per heavy atom. The number of rotatable bonds is 12. The summed E-state index contributed by atoms with van der Waals surface area (Å²) < 4.78 is 7.72. The fourth-order valence-electron chi connectivity index (χ4n) is 4.07. The molecule has 1 aromatic heterocycles. The molecule has 0 aliphatic heterocycles. The maximum Gasteiger partial charge on any atom is 0.360 e. The van der Waals surface area contributed by atoms with Gasteiger partial charge in [0.1, 0.15) is 7.11 Å². The number of esters is 1. The monoisotopic (exact) mass is 498 g/mol. The van der Waals surface area contributed by atoms with Gasteiger partial charge < -0.3 is 14.1 Å². The summed E-state index contributed by atoms with van der Waals surface area (Å²) in [6.07, 6.45) is 2.32. The van der Waals surface area contributed by atoms with Crippen LogP contribution >= 0.6 is 23.5 Å². The van der Waals surface area contributed by atoms with Gasteiger partial charge in [-0.15, -0.1) is 23.5 Å². The molecule has 0 bridgehead atoms. The van der Waals surface area contributed by atoms with Gasteiger partial charge in [-0.05, 0) is 42.9 Å². The van der Waals surface area contributed by atoms with E-state index in [1.54, 1.807) is 0 Å². The van der Waals surface area contributed by atoms with Crippen LogP contribution in [0.15, 0.2) is 53.7 Å². The predicted molar refractivity (Wildman–Crippen MR) is 146 cm³/mol. The second-order valence-electron chi connectivity index (χ2n) is 7.95. The summed E-state index contributed by atoms with van der Waals surface area (Å²) in [5.41, 5.74) is 5.74. The number of benzene rings is 2. The molecule has 182 valence electrons. The van der Waals surface area contributed by atoms with Gasteiger partial charge in [0, 0.05) is 34.3 Å². The molecule has 0 atom stereocenters. The predicted octanol–water partition coefficient (Wildman–Crippen LogP) is 6.81. The summed E-state index contributed by atoms with van der Waals surface area (Å²) >= 11 is 4.08. The van der Waals surface area contributed by atoms with Gasteiger partial charge in [-0.25, -0.2) is 4.79 Å². The Morgan fingerprint density at radius 2 is 1.65 bits per heavy atom. The van der Waals surface area contributed by atoms with Crippen molar-refractivity contribution in [2.75, 3.05) is 25.7 Å². The van der Waals surface area contributed by atoms with Crippen molar-refractivity contribution in [2.45, 2.75) is 44.7 Å². The van der Waals surface area contributed by atoms with Crippen molar-refractivity contribution >= 4 is 46.1 Å². The summed E-state index contributed by atoms with van der Waals surface area (Å²) in [4.78, 5) is 17.4. The number of ether oxygens (including phenoxy) is 1. The molecule has 0 spiro atoms. The number of thioether (sulfide) groups is 2. The minimum Gasteiger partial charge on any atom is -0.464 e. The molecule has 3 aromatic rings. The highest BCUT2D eigenvalue weighted by Gasteiger charge is 2.24. The van der Waals surface area contributed by atoms with Gasteiger partial charge in [-0.3, -0.25) is 0 Å². The molecule has 0 N–H and O–H groups in total. The van der Waals surface area contributed by atoms with Gasteiger partial charge in [0.25, 0.3) is 0 Å². The Bertz CT molecular complexity index is 1130. The summed E-state index contributed by atoms with van der Waals surface area (Å²) in [6, 6.07) is 16.4. The minimum absolute atomic E-state index is 0.171. The minimum atomic E-state index is -0.518. The second-order valence-corrected chi connectivity index (χ2v) is 10.7. The fourth-order valence-corrected chi connectivity index (χ4v) is 6.86. The number of hydrogen-bond donors (Lipinski definition) is 0. The van der Waals surface area contributed by atoms with Crippen molar-refractivity contribution in [3.05, 3.63) is 70.9 Å². The summed E-state index contributed by atoms with van der Waals surface area (Å²) in [6.45, 7) is 7.31. The Kier molecular flexibility index (Phi) is 9.96. The lowest BCUT2D eigenvalue weighted by Crippen LogP contribution is -2.20. The molecule has 0 unspecified atom stereocenters. The number of carbonyl (C=O) groups is 1. The quantitative estimate of drug-likeness (QED) is 0.119. The second kappa shape index (κ2) is 12.9. The third kappa shape index (κ3) is 5.81. The van der Waals surface area contributed by atoms with E-state index in [0.717, 1.165) is 29.9 Å². The van der Waals surface area contributed by atoms with Gasteiger partial charge in [-0.1, -0.05) is 61.5 Å². The third-order valence-electron chi connectivity index (χ3n) is 5.62. The molecule has 7 heteroatoms. The number of fused-ring (bicyclic) bond motifs is 1. The first-order chi connectivity index (χ1) is 16.6. The lowest BCUT2D eigenvalue weighted by Gasteiger charge is -2.18. The molecule has 0 saturated heterocycles. The van der Waals surface area contributed by atoms with Crippen molar-refractivity contribution < 1.29 is 14.4 Å². The molecule has 34 heavy (non-hydrogen) atoms. The van der Waals surface area contributed by atoms with E-state index in [4.69, 9.17) is 9.57 Å². The molecular formula is C27H34N2O3S2. The van der Waals surface area contributed by atoms with Crippen molar-refractivity contribution in [1.82, 2.24) is 4.57 Å². The number of carbonyl (C=O) groups excluding carboxylic acids is 1. The molecule has 0 aliphatic rings. The molecule has 0 aliphatic carbocycles. The lowest BCUT2D eigenvalue weighted by atomic mass is 10.0. The molecule has 0 saturated carbocycles. The zero-order valence-corrected chi connectivity index (χ0v) is 22.3. The van der Waals surface area contributed by atoms with E-state index >= 15 is 0 Å². The van der Waals surface area contributed by atoms with Crippen LogP contribution in [0.5, 0.6) is 0 Å². The summed E-state index contributed by atoms with van der Waals surface area (Å²) in [7, 11) is 2.79. The fraction of sp³-hybridized carbons (Fsp3) is 0.407. The van der Waals surface area contributed by atoms with Crippen LogP contribution in [0.4, 0.5) is 0 Å². The van der Waals surface area contributed by atoms with Gasteiger partial charge in [0.05, 0.1) is 11.7 Å². The average Bonchev–Trinajstić information content (AvgIpc) is 3.14. The largest absolute Gasteiger partial charge is 0.464 e. The summed E-state index contributed by atoms with van der Waals surface area (Å²) in [5, 5.41) is 5.28. The van der Waals surface area contributed by atoms with Crippen molar-refractivity contribution in [2.24, 2.45) is 5.16 Å². The smallest absolute Gasteiger partial charge is 0.360 e. The van der Waals surface area contributed by atoms with Gasteiger partial charge in [-0.2, -0.15) is 0 Å². The Balaban J connectivity index is 2.12. The first kappa shape index (κ1) is 26.2. The van der Waals surface area contributed by atoms with E-state index in [0.29, 0.717) is 16.7 Å². The number of para-hydroxylation sites is 1. The van der Waals surface area contributed by atoms with E-state index in [9.17, 15) is 4.79 Å². The molecule has 0 amide bonds. The Morgan fingerprint density at radius 1 is 1.00 bits per heavy atom. The first-order valence-corrected chi connectivity index (χ1v) is 13.8. The van der Waals surface area contributed by atoms with Crippen LogP contribution in [0.1, 0.15) is 53.7 Å². The number of oxime groups is 1. The zero-order valence-electron chi connectivity index (χ0n) is 20.7. The van der Waals surface area contributed by atoms with Crippen molar-refractivity contribution in [3.8, 4) is 0 Å². The Labute approximate surface area is 211 Å². The van der Waals surface area contributed by atoms with Gasteiger partial charge in [0.2, 0.25) is 0 Å². The number of methoxy groups -OCH3 is 1. The topological polar surface area (TPSA) is 52.8 Å². The first-order valence-electron chi connectivity index (χ1n) is 11.7. The van der Waals surface area contributed by atoms with Crippen LogP contribution in [0.3, 0.4) is 0 Å². The van der Waals surface area contributed by atoms with E-state index < -0.39 is 5.97 Å².